The van der Waals surface area contributed by atoms with Gasteiger partial charge in [0.25, 0.3) is 0 Å². The number of benzene rings is 2. The quantitative estimate of drug-likeness (QED) is 0.755. The SMILES string of the molecule is Cc1cccc(CS(=O)(=O)N2CCC(C(=O)N[C@H](C)c3ccc(C)c(C)c3)CC2)c1. The first-order valence-corrected chi connectivity index (χ1v) is 12.2. The molecule has 0 aliphatic carbocycles. The van der Waals surface area contributed by atoms with E-state index in [0.717, 1.165) is 16.7 Å². The number of piperidine rings is 1. The minimum absolute atomic E-state index is 0.00928. The summed E-state index contributed by atoms with van der Waals surface area (Å²) >= 11 is 0. The molecule has 1 aliphatic rings. The number of rotatable bonds is 6. The van der Waals surface area contributed by atoms with E-state index in [2.05, 4.69) is 31.3 Å². The third kappa shape index (κ3) is 5.49. The van der Waals surface area contributed by atoms with Crippen LogP contribution in [0.25, 0.3) is 0 Å². The lowest BCUT2D eigenvalue weighted by molar-refractivity contribution is -0.126. The number of nitrogens with one attached hydrogen (secondary N) is 1. The van der Waals surface area contributed by atoms with Crippen molar-refractivity contribution < 1.29 is 13.2 Å². The van der Waals surface area contributed by atoms with Crippen LogP contribution in [0.2, 0.25) is 0 Å². The first-order chi connectivity index (χ1) is 14.2. The minimum atomic E-state index is -3.38. The molecular weight excluding hydrogens is 396 g/mol. The van der Waals surface area contributed by atoms with Gasteiger partial charge in [0.05, 0.1) is 11.8 Å². The average Bonchev–Trinajstić information content (AvgIpc) is 2.69. The van der Waals surface area contributed by atoms with Crippen LogP contribution in [0.1, 0.15) is 53.6 Å². The maximum atomic E-state index is 12.8. The van der Waals surface area contributed by atoms with Crippen LogP contribution in [0.4, 0.5) is 0 Å². The van der Waals surface area contributed by atoms with Gasteiger partial charge in [-0.15, -0.1) is 0 Å². The van der Waals surface area contributed by atoms with Gasteiger partial charge in [-0.05, 0) is 62.8 Å². The topological polar surface area (TPSA) is 66.5 Å². The molecule has 0 aromatic heterocycles. The van der Waals surface area contributed by atoms with Crippen molar-refractivity contribution in [3.05, 3.63) is 70.3 Å². The number of aryl methyl sites for hydroxylation is 3. The Morgan fingerprint density at radius 1 is 1.07 bits per heavy atom. The zero-order valence-electron chi connectivity index (χ0n) is 18.3. The van der Waals surface area contributed by atoms with E-state index in [1.165, 1.54) is 15.4 Å². The van der Waals surface area contributed by atoms with Crippen molar-refractivity contribution in [3.63, 3.8) is 0 Å². The van der Waals surface area contributed by atoms with Gasteiger partial charge >= 0.3 is 0 Å². The number of carbonyl (C=O) groups excluding carboxylic acids is 1. The fourth-order valence-corrected chi connectivity index (χ4v) is 5.50. The van der Waals surface area contributed by atoms with Crippen LogP contribution < -0.4 is 5.32 Å². The molecule has 162 valence electrons. The van der Waals surface area contributed by atoms with Crippen molar-refractivity contribution >= 4 is 15.9 Å². The summed E-state index contributed by atoms with van der Waals surface area (Å²) in [5, 5.41) is 3.11. The lowest BCUT2D eigenvalue weighted by atomic mass is 9.96. The molecule has 1 amide bonds. The van der Waals surface area contributed by atoms with Gasteiger partial charge < -0.3 is 5.32 Å². The molecule has 1 aliphatic heterocycles. The predicted molar refractivity (Wildman–Crippen MR) is 121 cm³/mol. The Hall–Kier alpha value is -2.18. The smallest absolute Gasteiger partial charge is 0.223 e. The van der Waals surface area contributed by atoms with E-state index in [1.807, 2.05) is 44.2 Å². The Morgan fingerprint density at radius 2 is 1.77 bits per heavy atom. The zero-order valence-corrected chi connectivity index (χ0v) is 19.1. The molecule has 2 aromatic rings. The van der Waals surface area contributed by atoms with Gasteiger partial charge in [-0.1, -0.05) is 48.0 Å². The molecule has 0 saturated carbocycles. The summed E-state index contributed by atoms with van der Waals surface area (Å²) < 4.78 is 27.1. The van der Waals surface area contributed by atoms with Crippen molar-refractivity contribution in [1.29, 1.82) is 0 Å². The van der Waals surface area contributed by atoms with E-state index < -0.39 is 10.0 Å². The Kier molecular flexibility index (Phi) is 6.98. The van der Waals surface area contributed by atoms with E-state index in [1.54, 1.807) is 0 Å². The number of nitrogens with zero attached hydrogens (tertiary/aromatic N) is 1. The molecule has 5 nitrogen and oxygen atoms in total. The normalized spacial score (nSPS) is 16.9. The van der Waals surface area contributed by atoms with Gasteiger partial charge in [-0.25, -0.2) is 12.7 Å². The lowest BCUT2D eigenvalue weighted by Gasteiger charge is -2.31. The van der Waals surface area contributed by atoms with Crippen LogP contribution in [0.3, 0.4) is 0 Å². The summed E-state index contributed by atoms with van der Waals surface area (Å²) in [6, 6.07) is 13.8. The predicted octanol–water partition coefficient (Wildman–Crippen LogP) is 4.03. The van der Waals surface area contributed by atoms with Crippen molar-refractivity contribution in [2.45, 2.75) is 52.3 Å². The highest BCUT2D eigenvalue weighted by molar-refractivity contribution is 7.88. The molecule has 1 heterocycles. The molecule has 1 atom stereocenters. The highest BCUT2D eigenvalue weighted by Gasteiger charge is 2.31. The molecule has 0 bridgehead atoms. The Labute approximate surface area is 180 Å². The number of hydrogen-bond donors (Lipinski definition) is 1. The minimum Gasteiger partial charge on any atom is -0.349 e. The van der Waals surface area contributed by atoms with Crippen LogP contribution in [-0.2, 0) is 20.6 Å². The number of amides is 1. The van der Waals surface area contributed by atoms with Crippen LogP contribution in [0, 0.1) is 26.7 Å². The van der Waals surface area contributed by atoms with Gasteiger partial charge in [0.15, 0.2) is 0 Å². The monoisotopic (exact) mass is 428 g/mol. The van der Waals surface area contributed by atoms with Crippen LogP contribution in [0.5, 0.6) is 0 Å². The van der Waals surface area contributed by atoms with E-state index in [0.29, 0.717) is 25.9 Å². The molecule has 0 unspecified atom stereocenters. The van der Waals surface area contributed by atoms with Gasteiger partial charge in [0.2, 0.25) is 15.9 Å². The van der Waals surface area contributed by atoms with Gasteiger partial charge in [-0.3, -0.25) is 4.79 Å². The lowest BCUT2D eigenvalue weighted by Crippen LogP contribution is -2.43. The van der Waals surface area contributed by atoms with E-state index >= 15 is 0 Å². The third-order valence-electron chi connectivity index (χ3n) is 6.04. The van der Waals surface area contributed by atoms with Gasteiger partial charge in [0.1, 0.15) is 0 Å². The first-order valence-electron chi connectivity index (χ1n) is 10.6. The van der Waals surface area contributed by atoms with Gasteiger partial charge in [0, 0.05) is 19.0 Å². The molecule has 0 radical (unpaired) electrons. The molecule has 30 heavy (non-hydrogen) atoms. The highest BCUT2D eigenvalue weighted by Crippen LogP contribution is 2.24. The summed E-state index contributed by atoms with van der Waals surface area (Å²) in [5.41, 5.74) is 5.38. The molecule has 1 saturated heterocycles. The summed E-state index contributed by atoms with van der Waals surface area (Å²) in [5.74, 6) is -0.129. The second kappa shape index (κ2) is 9.31. The van der Waals surface area contributed by atoms with Crippen LogP contribution in [0.15, 0.2) is 42.5 Å². The summed E-state index contributed by atoms with van der Waals surface area (Å²) in [6.07, 6.45) is 1.11. The van der Waals surface area contributed by atoms with Crippen LogP contribution >= 0.6 is 0 Å². The standard InChI is InChI=1S/C24H32N2O3S/c1-17-6-5-7-21(14-17)16-30(28,29)26-12-10-22(11-13-26)24(27)25-20(4)23-9-8-18(2)19(3)15-23/h5-9,14-15,20,22H,10-13,16H2,1-4H3,(H,25,27)/t20-/m1/s1. The molecule has 0 spiro atoms. The second-order valence-corrected chi connectivity index (χ2v) is 10.5. The van der Waals surface area contributed by atoms with E-state index in [4.69, 9.17) is 0 Å². The number of carbonyl (C=O) groups is 1. The maximum absolute atomic E-state index is 12.8. The Bertz CT molecular complexity index is 1010. The van der Waals surface area contributed by atoms with Crippen molar-refractivity contribution in [1.82, 2.24) is 9.62 Å². The maximum Gasteiger partial charge on any atom is 0.223 e. The largest absolute Gasteiger partial charge is 0.349 e. The highest BCUT2D eigenvalue weighted by atomic mass is 32.2. The number of hydrogen-bond acceptors (Lipinski definition) is 3. The Balaban J connectivity index is 1.55. The molecule has 3 rings (SSSR count). The average molecular weight is 429 g/mol. The van der Waals surface area contributed by atoms with E-state index in [9.17, 15) is 13.2 Å². The second-order valence-electron chi connectivity index (χ2n) is 8.49. The van der Waals surface area contributed by atoms with Gasteiger partial charge in [-0.2, -0.15) is 0 Å². The fourth-order valence-electron chi connectivity index (χ4n) is 3.95. The van der Waals surface area contributed by atoms with Crippen molar-refractivity contribution in [3.8, 4) is 0 Å². The summed E-state index contributed by atoms with van der Waals surface area (Å²) in [4.78, 5) is 12.7. The molecule has 2 aromatic carbocycles. The zero-order chi connectivity index (χ0) is 21.9. The first kappa shape index (κ1) is 22.5. The third-order valence-corrected chi connectivity index (χ3v) is 7.89. The molecule has 1 fully saturated rings. The molecular formula is C24H32N2O3S. The van der Waals surface area contributed by atoms with Crippen molar-refractivity contribution in [2.24, 2.45) is 5.92 Å². The molecule has 1 N–H and O–H groups in total. The van der Waals surface area contributed by atoms with Crippen LogP contribution in [-0.4, -0.2) is 31.7 Å². The fraction of sp³-hybridized carbons (Fsp3) is 0.458. The summed E-state index contributed by atoms with van der Waals surface area (Å²) in [6.45, 7) is 8.88. The Morgan fingerprint density at radius 3 is 2.40 bits per heavy atom. The summed E-state index contributed by atoms with van der Waals surface area (Å²) in [7, 11) is -3.38. The number of sulfonamides is 1. The van der Waals surface area contributed by atoms with E-state index in [-0.39, 0.29) is 23.6 Å². The van der Waals surface area contributed by atoms with Crippen molar-refractivity contribution in [2.75, 3.05) is 13.1 Å². The molecule has 6 heteroatoms.